The van der Waals surface area contributed by atoms with Crippen molar-refractivity contribution >= 4 is 38.8 Å². The number of nitrogens with one attached hydrogen (secondary N) is 2. The highest BCUT2D eigenvalue weighted by molar-refractivity contribution is 7.91. The Morgan fingerprint density at radius 1 is 0.970 bits per heavy atom. The van der Waals surface area contributed by atoms with Crippen LogP contribution in [0.2, 0.25) is 0 Å². The summed E-state index contributed by atoms with van der Waals surface area (Å²) in [5, 5.41) is 6.25. The van der Waals surface area contributed by atoms with Crippen LogP contribution in [0.4, 0.5) is 23.0 Å². The van der Waals surface area contributed by atoms with E-state index in [9.17, 15) is 13.2 Å². The van der Waals surface area contributed by atoms with Gasteiger partial charge >= 0.3 is 5.97 Å². The molecule has 0 fully saturated rings. The van der Waals surface area contributed by atoms with Gasteiger partial charge in [0, 0.05) is 23.5 Å². The molecule has 0 spiro atoms. The molecular weight excluding hydrogens is 444 g/mol. The van der Waals surface area contributed by atoms with Gasteiger partial charge in [-0.25, -0.2) is 23.2 Å². The smallest absolute Gasteiger partial charge is 0.344 e. The number of rotatable bonds is 10. The SMILES string of the molecule is CCS(=O)(=O)c1cccc(Nc2cc(Nc3cccc(OCC(=O)OC(C)C)c3)ncn2)c1. The van der Waals surface area contributed by atoms with Gasteiger partial charge in [-0.15, -0.1) is 0 Å². The molecule has 3 rings (SSSR count). The zero-order chi connectivity index (χ0) is 23.8. The summed E-state index contributed by atoms with van der Waals surface area (Å²) in [6.07, 6.45) is 1.19. The second-order valence-corrected chi connectivity index (χ2v) is 9.60. The van der Waals surface area contributed by atoms with Gasteiger partial charge in [-0.2, -0.15) is 0 Å². The molecule has 0 unspecified atom stereocenters. The molecule has 9 nitrogen and oxygen atoms in total. The average Bonchev–Trinajstić information content (AvgIpc) is 2.78. The van der Waals surface area contributed by atoms with Crippen molar-refractivity contribution in [2.75, 3.05) is 23.0 Å². The normalized spacial score (nSPS) is 11.2. The molecule has 0 aliphatic heterocycles. The Bertz CT molecular complexity index is 1210. The van der Waals surface area contributed by atoms with Gasteiger partial charge in [0.2, 0.25) is 0 Å². The highest BCUT2D eigenvalue weighted by Gasteiger charge is 2.12. The fraction of sp³-hybridized carbons (Fsp3) is 0.261. The van der Waals surface area contributed by atoms with Crippen molar-refractivity contribution in [2.45, 2.75) is 31.8 Å². The molecule has 0 saturated heterocycles. The van der Waals surface area contributed by atoms with Crippen molar-refractivity contribution in [1.29, 1.82) is 0 Å². The summed E-state index contributed by atoms with van der Waals surface area (Å²) in [4.78, 5) is 20.3. The van der Waals surface area contributed by atoms with Crippen LogP contribution in [0.5, 0.6) is 5.75 Å². The molecule has 0 aliphatic rings. The summed E-state index contributed by atoms with van der Waals surface area (Å²) in [7, 11) is -3.31. The number of esters is 1. The first-order chi connectivity index (χ1) is 15.7. The molecule has 0 aliphatic carbocycles. The number of anilines is 4. The van der Waals surface area contributed by atoms with Gasteiger partial charge in [0.15, 0.2) is 16.4 Å². The number of carbonyl (C=O) groups excluding carboxylic acids is 1. The van der Waals surface area contributed by atoms with Crippen LogP contribution in [0.25, 0.3) is 0 Å². The van der Waals surface area contributed by atoms with Crippen LogP contribution in [-0.2, 0) is 19.4 Å². The van der Waals surface area contributed by atoms with Gasteiger partial charge in [0.1, 0.15) is 23.7 Å². The van der Waals surface area contributed by atoms with Gasteiger partial charge in [0.05, 0.1) is 16.8 Å². The van der Waals surface area contributed by atoms with Crippen molar-refractivity contribution in [1.82, 2.24) is 9.97 Å². The van der Waals surface area contributed by atoms with Crippen LogP contribution >= 0.6 is 0 Å². The number of carbonyl (C=O) groups is 1. The Kier molecular flexibility index (Phi) is 7.83. The number of nitrogens with zero attached hydrogens (tertiary/aromatic N) is 2. The number of ether oxygens (including phenoxy) is 2. The van der Waals surface area contributed by atoms with Crippen LogP contribution in [0.3, 0.4) is 0 Å². The van der Waals surface area contributed by atoms with Crippen LogP contribution in [0, 0.1) is 0 Å². The topological polar surface area (TPSA) is 120 Å². The maximum atomic E-state index is 12.1. The summed E-state index contributed by atoms with van der Waals surface area (Å²) >= 11 is 0. The lowest BCUT2D eigenvalue weighted by Gasteiger charge is -2.12. The zero-order valence-electron chi connectivity index (χ0n) is 18.6. The lowest BCUT2D eigenvalue weighted by molar-refractivity contribution is -0.149. The molecule has 0 saturated carbocycles. The molecule has 2 N–H and O–H groups in total. The number of hydrogen-bond donors (Lipinski definition) is 2. The quantitative estimate of drug-likeness (QED) is 0.422. The Morgan fingerprint density at radius 2 is 1.61 bits per heavy atom. The molecule has 174 valence electrons. The molecule has 0 atom stereocenters. The number of benzene rings is 2. The van der Waals surface area contributed by atoms with E-state index in [2.05, 4.69) is 20.6 Å². The Labute approximate surface area is 193 Å². The van der Waals surface area contributed by atoms with Gasteiger partial charge < -0.3 is 20.1 Å². The highest BCUT2D eigenvalue weighted by Crippen LogP contribution is 2.24. The first-order valence-electron chi connectivity index (χ1n) is 10.4. The molecule has 3 aromatic rings. The third kappa shape index (κ3) is 7.18. The molecule has 1 heterocycles. The minimum Gasteiger partial charge on any atom is -0.482 e. The molecule has 1 aromatic heterocycles. The van der Waals surface area contributed by atoms with E-state index < -0.39 is 15.8 Å². The van der Waals surface area contributed by atoms with Gasteiger partial charge in [-0.05, 0) is 44.2 Å². The third-order valence-corrected chi connectivity index (χ3v) is 6.08. The van der Waals surface area contributed by atoms with E-state index >= 15 is 0 Å². The predicted molar refractivity (Wildman–Crippen MR) is 126 cm³/mol. The van der Waals surface area contributed by atoms with Crippen molar-refractivity contribution in [3.8, 4) is 5.75 Å². The maximum absolute atomic E-state index is 12.1. The van der Waals surface area contributed by atoms with Gasteiger partial charge in [0.25, 0.3) is 0 Å². The number of hydrogen-bond acceptors (Lipinski definition) is 9. The maximum Gasteiger partial charge on any atom is 0.344 e. The summed E-state index contributed by atoms with van der Waals surface area (Å²) in [5.74, 6) is 1.09. The van der Waals surface area contributed by atoms with E-state index in [0.29, 0.717) is 28.8 Å². The van der Waals surface area contributed by atoms with E-state index in [0.717, 1.165) is 0 Å². The molecular formula is C23H26N4O5S. The van der Waals surface area contributed by atoms with Gasteiger partial charge in [-0.3, -0.25) is 0 Å². The number of aromatic nitrogens is 2. The fourth-order valence-corrected chi connectivity index (χ4v) is 3.75. The van der Waals surface area contributed by atoms with Crippen molar-refractivity contribution in [3.63, 3.8) is 0 Å². The second kappa shape index (κ2) is 10.8. The van der Waals surface area contributed by atoms with E-state index in [-0.39, 0.29) is 23.4 Å². The Morgan fingerprint density at radius 3 is 2.24 bits per heavy atom. The molecule has 33 heavy (non-hydrogen) atoms. The van der Waals surface area contributed by atoms with Crippen LogP contribution in [0.15, 0.2) is 65.8 Å². The van der Waals surface area contributed by atoms with E-state index in [1.807, 2.05) is 6.07 Å². The van der Waals surface area contributed by atoms with Crippen molar-refractivity contribution in [3.05, 3.63) is 60.9 Å². The lowest BCUT2D eigenvalue weighted by Crippen LogP contribution is -2.18. The average molecular weight is 471 g/mol. The van der Waals surface area contributed by atoms with Crippen molar-refractivity contribution in [2.24, 2.45) is 0 Å². The minimum atomic E-state index is -3.31. The van der Waals surface area contributed by atoms with Gasteiger partial charge in [-0.1, -0.05) is 19.1 Å². The van der Waals surface area contributed by atoms with E-state index in [1.54, 1.807) is 69.3 Å². The molecule has 0 amide bonds. The predicted octanol–water partition coefficient (Wildman–Crippen LogP) is 4.09. The summed E-state index contributed by atoms with van der Waals surface area (Å²) in [5.41, 5.74) is 1.29. The fourth-order valence-electron chi connectivity index (χ4n) is 2.83. The van der Waals surface area contributed by atoms with Crippen LogP contribution in [0.1, 0.15) is 20.8 Å². The van der Waals surface area contributed by atoms with E-state index in [4.69, 9.17) is 9.47 Å². The molecule has 10 heteroatoms. The number of sulfone groups is 1. The molecule has 2 aromatic carbocycles. The Hall–Kier alpha value is -3.66. The summed E-state index contributed by atoms with van der Waals surface area (Å²) in [6, 6.07) is 15.3. The second-order valence-electron chi connectivity index (χ2n) is 7.32. The molecule has 0 radical (unpaired) electrons. The first kappa shape index (κ1) is 24.0. The van der Waals surface area contributed by atoms with Crippen molar-refractivity contribution < 1.29 is 22.7 Å². The first-order valence-corrected chi connectivity index (χ1v) is 12.0. The zero-order valence-corrected chi connectivity index (χ0v) is 19.4. The largest absolute Gasteiger partial charge is 0.482 e. The monoisotopic (exact) mass is 470 g/mol. The highest BCUT2D eigenvalue weighted by atomic mass is 32.2. The lowest BCUT2D eigenvalue weighted by atomic mass is 10.3. The molecule has 0 bridgehead atoms. The van der Waals surface area contributed by atoms with E-state index in [1.165, 1.54) is 6.33 Å². The third-order valence-electron chi connectivity index (χ3n) is 4.34. The minimum absolute atomic E-state index is 0.0275. The van der Waals surface area contributed by atoms with Crippen LogP contribution in [-0.4, -0.2) is 42.8 Å². The summed E-state index contributed by atoms with van der Waals surface area (Å²) in [6.45, 7) is 4.97. The standard InChI is InChI=1S/C23H26N4O5S/c1-4-33(29,30)20-10-6-8-18(12-20)27-22-13-21(24-15-25-22)26-17-7-5-9-19(11-17)31-14-23(28)32-16(2)3/h5-13,15-16H,4,14H2,1-3H3,(H2,24,25,26,27). The Balaban J connectivity index is 1.67. The van der Waals surface area contributed by atoms with Crippen LogP contribution < -0.4 is 15.4 Å². The summed E-state index contributed by atoms with van der Waals surface area (Å²) < 4.78 is 34.8.